The van der Waals surface area contributed by atoms with Crippen LogP contribution in [0.25, 0.3) is 0 Å². The molecule has 1 heteroatoms. The fraction of sp³-hybridized carbons (Fsp3) is 0.600. The van der Waals surface area contributed by atoms with Gasteiger partial charge in [-0.15, -0.1) is 0 Å². The van der Waals surface area contributed by atoms with Crippen molar-refractivity contribution >= 4 is 0 Å². The first kappa shape index (κ1) is 16.1. The Hall–Kier alpha value is -1.24. The summed E-state index contributed by atoms with van der Waals surface area (Å²) in [6.45, 7) is 11.1. The van der Waals surface area contributed by atoms with Gasteiger partial charge in [0.15, 0.2) is 0 Å². The van der Waals surface area contributed by atoms with Crippen molar-refractivity contribution in [3.63, 3.8) is 0 Å². The van der Waals surface area contributed by atoms with Crippen LogP contribution in [0.2, 0.25) is 0 Å². The number of ether oxygens (including phenoxy) is 1. The van der Waals surface area contributed by atoms with Crippen LogP contribution in [0.1, 0.15) is 70.9 Å². The highest BCUT2D eigenvalue weighted by atomic mass is 16.5. The van der Waals surface area contributed by atoms with Crippen LogP contribution in [0.4, 0.5) is 0 Å². The van der Waals surface area contributed by atoms with Gasteiger partial charge in [-0.1, -0.05) is 51.0 Å². The zero-order chi connectivity index (χ0) is 15.5. The lowest BCUT2D eigenvalue weighted by Crippen LogP contribution is -2.42. The van der Waals surface area contributed by atoms with Crippen LogP contribution in [0.5, 0.6) is 5.75 Å². The fourth-order valence-electron chi connectivity index (χ4n) is 3.23. The molecule has 1 aromatic carbocycles. The molecule has 1 unspecified atom stereocenters. The van der Waals surface area contributed by atoms with E-state index in [1.165, 1.54) is 30.4 Å². The summed E-state index contributed by atoms with van der Waals surface area (Å²) in [6, 6.07) is 6.85. The minimum absolute atomic E-state index is 0.112. The van der Waals surface area contributed by atoms with E-state index >= 15 is 0 Å². The zero-order valence-corrected chi connectivity index (χ0v) is 14.3. The molecule has 1 aliphatic heterocycles. The molecule has 116 valence electrons. The summed E-state index contributed by atoms with van der Waals surface area (Å²) < 4.78 is 6.32. The third kappa shape index (κ3) is 3.51. The van der Waals surface area contributed by atoms with E-state index in [1.54, 1.807) is 0 Å². The van der Waals surface area contributed by atoms with Crippen molar-refractivity contribution in [3.05, 3.63) is 41.5 Å². The Morgan fingerprint density at radius 3 is 2.67 bits per heavy atom. The number of fused-ring (bicyclic) bond motifs is 1. The van der Waals surface area contributed by atoms with E-state index in [0.29, 0.717) is 11.8 Å². The van der Waals surface area contributed by atoms with E-state index in [9.17, 15) is 0 Å². The van der Waals surface area contributed by atoms with Crippen LogP contribution in [0.15, 0.2) is 30.4 Å². The van der Waals surface area contributed by atoms with Gasteiger partial charge in [0.2, 0.25) is 0 Å². The van der Waals surface area contributed by atoms with Crippen LogP contribution in [0, 0.1) is 5.92 Å². The van der Waals surface area contributed by atoms with Crippen LogP contribution in [-0.4, -0.2) is 5.60 Å². The van der Waals surface area contributed by atoms with Gasteiger partial charge in [-0.25, -0.2) is 0 Å². The second kappa shape index (κ2) is 6.68. The van der Waals surface area contributed by atoms with Gasteiger partial charge >= 0.3 is 0 Å². The third-order valence-corrected chi connectivity index (χ3v) is 4.91. The van der Waals surface area contributed by atoms with Crippen molar-refractivity contribution in [1.29, 1.82) is 0 Å². The number of aryl methyl sites for hydroxylation is 1. The van der Waals surface area contributed by atoms with Gasteiger partial charge < -0.3 is 4.74 Å². The lowest BCUT2D eigenvalue weighted by atomic mass is 9.75. The molecule has 0 aromatic heterocycles. The van der Waals surface area contributed by atoms with Crippen LogP contribution < -0.4 is 4.74 Å². The first-order chi connectivity index (χ1) is 9.99. The van der Waals surface area contributed by atoms with E-state index in [1.807, 2.05) is 0 Å². The van der Waals surface area contributed by atoms with Crippen LogP contribution in [0.3, 0.4) is 0 Å². The highest BCUT2D eigenvalue weighted by molar-refractivity contribution is 5.44. The molecule has 1 aromatic rings. The number of hydrogen-bond donors (Lipinski definition) is 0. The largest absolute Gasteiger partial charge is 0.487 e. The number of benzene rings is 1. The van der Waals surface area contributed by atoms with Gasteiger partial charge in [-0.05, 0) is 45.2 Å². The number of allylic oxidation sites excluding steroid dienone is 2. The number of rotatable bonds is 5. The first-order valence-electron chi connectivity index (χ1n) is 8.44. The highest BCUT2D eigenvalue weighted by Crippen LogP contribution is 2.45. The average Bonchev–Trinajstić information content (AvgIpc) is 2.44. The molecule has 0 saturated carbocycles. The Kier molecular flexibility index (Phi) is 5.13. The van der Waals surface area contributed by atoms with Crippen molar-refractivity contribution in [2.75, 3.05) is 0 Å². The molecular formula is C20H30O. The maximum atomic E-state index is 6.32. The summed E-state index contributed by atoms with van der Waals surface area (Å²) in [6.07, 6.45) is 9.51. The van der Waals surface area contributed by atoms with Gasteiger partial charge in [0, 0.05) is 17.4 Å². The summed E-state index contributed by atoms with van der Waals surface area (Å²) in [4.78, 5) is 0. The minimum Gasteiger partial charge on any atom is -0.487 e. The van der Waals surface area contributed by atoms with Crippen molar-refractivity contribution in [2.45, 2.75) is 71.8 Å². The van der Waals surface area contributed by atoms with Crippen LogP contribution in [-0.2, 0) is 6.42 Å². The van der Waals surface area contributed by atoms with Gasteiger partial charge in [0.25, 0.3) is 0 Å². The summed E-state index contributed by atoms with van der Waals surface area (Å²) in [5.74, 6) is 2.03. The van der Waals surface area contributed by atoms with Gasteiger partial charge in [-0.2, -0.15) is 0 Å². The minimum atomic E-state index is -0.112. The molecule has 0 bridgehead atoms. The maximum Gasteiger partial charge on any atom is 0.124 e. The van der Waals surface area contributed by atoms with E-state index in [0.717, 1.165) is 12.2 Å². The molecule has 0 radical (unpaired) electrons. The summed E-state index contributed by atoms with van der Waals surface area (Å²) in [5, 5.41) is 0. The van der Waals surface area contributed by atoms with Crippen molar-refractivity contribution in [2.24, 2.45) is 5.92 Å². The Morgan fingerprint density at radius 1 is 1.24 bits per heavy atom. The number of unbranched alkanes of at least 4 members (excludes halogenated alkanes) is 2. The zero-order valence-electron chi connectivity index (χ0n) is 14.3. The smallest absolute Gasteiger partial charge is 0.124 e. The normalized spacial score (nSPS) is 23.9. The lowest BCUT2D eigenvalue weighted by Gasteiger charge is -2.42. The first-order valence-corrected chi connectivity index (χ1v) is 8.44. The molecule has 2 atom stereocenters. The quantitative estimate of drug-likeness (QED) is 0.484. The van der Waals surface area contributed by atoms with E-state index in [2.05, 4.69) is 65.0 Å². The molecule has 0 saturated heterocycles. The molecule has 1 heterocycles. The Morgan fingerprint density at radius 2 is 2.00 bits per heavy atom. The molecular weight excluding hydrogens is 256 g/mol. The molecule has 1 nitrogen and oxygen atoms in total. The summed E-state index contributed by atoms with van der Waals surface area (Å²) in [5.41, 5.74) is 2.64. The molecule has 0 aliphatic carbocycles. The molecule has 0 amide bonds. The van der Waals surface area contributed by atoms with Gasteiger partial charge in [0.1, 0.15) is 11.4 Å². The molecule has 21 heavy (non-hydrogen) atoms. The third-order valence-electron chi connectivity index (χ3n) is 4.91. The van der Waals surface area contributed by atoms with Crippen LogP contribution >= 0.6 is 0 Å². The highest BCUT2D eigenvalue weighted by Gasteiger charge is 2.39. The Bertz CT molecular complexity index is 499. The van der Waals surface area contributed by atoms with Crippen molar-refractivity contribution < 1.29 is 4.74 Å². The van der Waals surface area contributed by atoms with Gasteiger partial charge in [0.05, 0.1) is 0 Å². The summed E-state index contributed by atoms with van der Waals surface area (Å²) >= 11 is 0. The fourth-order valence-corrected chi connectivity index (χ4v) is 3.23. The van der Waals surface area contributed by atoms with Crippen molar-refractivity contribution in [3.8, 4) is 5.75 Å². The maximum absolute atomic E-state index is 6.32. The second-order valence-corrected chi connectivity index (χ2v) is 6.88. The second-order valence-electron chi connectivity index (χ2n) is 6.88. The summed E-state index contributed by atoms with van der Waals surface area (Å²) in [7, 11) is 0. The average molecular weight is 286 g/mol. The molecule has 0 spiro atoms. The van der Waals surface area contributed by atoms with E-state index in [-0.39, 0.29) is 5.60 Å². The van der Waals surface area contributed by atoms with E-state index < -0.39 is 0 Å². The van der Waals surface area contributed by atoms with Gasteiger partial charge in [-0.3, -0.25) is 0 Å². The molecule has 0 N–H and O–H groups in total. The monoisotopic (exact) mass is 286 g/mol. The van der Waals surface area contributed by atoms with E-state index in [4.69, 9.17) is 4.74 Å². The topological polar surface area (TPSA) is 9.23 Å². The molecule has 1 aliphatic rings. The Labute approximate surface area is 130 Å². The molecule has 2 rings (SSSR count). The predicted molar refractivity (Wildman–Crippen MR) is 91.1 cm³/mol. The Balaban J connectivity index is 2.29. The van der Waals surface area contributed by atoms with Crippen molar-refractivity contribution in [1.82, 2.24) is 0 Å². The number of hydrogen-bond acceptors (Lipinski definition) is 1. The lowest BCUT2D eigenvalue weighted by molar-refractivity contribution is 0.0271. The standard InChI is InChI=1S/C20H30O/c1-6-8-9-11-16-12-13-18-17(10-7-2)15(3)20(4,5)21-19(18)14-16/h7,10,12-15,17H,6,8-9,11H2,1-5H3/b10-7-/t15-,17?/m1/s1. The molecule has 0 fully saturated rings. The predicted octanol–water partition coefficient (Wildman–Crippen LogP) is 5.89. The SMILES string of the molecule is C/C=C\C1c2ccc(CCCCC)cc2OC(C)(C)[C@@H]1C.